The van der Waals surface area contributed by atoms with Crippen molar-refractivity contribution in [1.82, 2.24) is 0 Å². The summed E-state index contributed by atoms with van der Waals surface area (Å²) in [6, 6.07) is 0. The van der Waals surface area contributed by atoms with Gasteiger partial charge in [-0.05, 0) is 19.3 Å². The summed E-state index contributed by atoms with van der Waals surface area (Å²) >= 11 is 0. The van der Waals surface area contributed by atoms with E-state index >= 15 is 0 Å². The van der Waals surface area contributed by atoms with Gasteiger partial charge in [-0.25, -0.2) is 0 Å². The van der Waals surface area contributed by atoms with E-state index in [1.54, 1.807) is 5.57 Å². The zero-order valence-electron chi connectivity index (χ0n) is 6.12. The zero-order chi connectivity index (χ0) is 6.97. The van der Waals surface area contributed by atoms with Crippen molar-refractivity contribution in [3.63, 3.8) is 0 Å². The Labute approximate surface area is 61.2 Å². The van der Waals surface area contributed by atoms with E-state index in [0.717, 1.165) is 5.92 Å². The molecule has 10 heavy (non-hydrogen) atoms. The summed E-state index contributed by atoms with van der Waals surface area (Å²) in [5, 5.41) is 0. The lowest BCUT2D eigenvalue weighted by atomic mass is 9.69. The van der Waals surface area contributed by atoms with Crippen LogP contribution in [0.4, 0.5) is 0 Å². The third-order valence-electron chi connectivity index (χ3n) is 2.40. The Kier molecular flexibility index (Phi) is 1.23. The fourth-order valence-corrected chi connectivity index (χ4v) is 1.66. The van der Waals surface area contributed by atoms with Crippen LogP contribution in [0, 0.1) is 11.8 Å². The minimum Gasteiger partial charge on any atom is -0.269 e. The maximum Gasteiger partial charge on any atom is 0.0227 e. The zero-order valence-corrected chi connectivity index (χ0v) is 6.12. The molecule has 1 heterocycles. The smallest absolute Gasteiger partial charge is 0.0227 e. The monoisotopic (exact) mass is 133 g/mol. The fraction of sp³-hybridized carbons (Fsp3) is 0.444. The lowest BCUT2D eigenvalue weighted by molar-refractivity contribution is 0.431. The number of fused-ring (bicyclic) bond motifs is 1. The molecule has 52 valence electrons. The van der Waals surface area contributed by atoms with Gasteiger partial charge in [0.05, 0.1) is 0 Å². The summed E-state index contributed by atoms with van der Waals surface area (Å²) < 4.78 is 0. The van der Waals surface area contributed by atoms with Crippen LogP contribution in [-0.4, -0.2) is 6.21 Å². The molecule has 0 aromatic rings. The van der Waals surface area contributed by atoms with Crippen LogP contribution in [-0.2, 0) is 0 Å². The SMILES string of the molecule is C/C=C1\CC2C=CN=CC12. The highest BCUT2D eigenvalue weighted by molar-refractivity contribution is 5.70. The molecule has 1 aliphatic heterocycles. The van der Waals surface area contributed by atoms with Gasteiger partial charge in [-0.15, -0.1) is 0 Å². The number of rotatable bonds is 0. The van der Waals surface area contributed by atoms with E-state index < -0.39 is 0 Å². The van der Waals surface area contributed by atoms with Gasteiger partial charge in [0.2, 0.25) is 0 Å². The van der Waals surface area contributed by atoms with Crippen molar-refractivity contribution in [3.8, 4) is 0 Å². The topological polar surface area (TPSA) is 12.4 Å². The summed E-state index contributed by atoms with van der Waals surface area (Å²) in [4.78, 5) is 4.11. The second-order valence-electron chi connectivity index (χ2n) is 2.90. The molecule has 1 saturated carbocycles. The quantitative estimate of drug-likeness (QED) is 0.449. The molecular weight excluding hydrogens is 122 g/mol. The molecule has 1 fully saturated rings. The number of hydrogen-bond donors (Lipinski definition) is 0. The van der Waals surface area contributed by atoms with Gasteiger partial charge in [-0.3, -0.25) is 4.99 Å². The van der Waals surface area contributed by atoms with E-state index in [1.807, 2.05) is 6.20 Å². The van der Waals surface area contributed by atoms with Crippen LogP contribution in [0.2, 0.25) is 0 Å². The van der Waals surface area contributed by atoms with Crippen LogP contribution in [0.5, 0.6) is 0 Å². The Morgan fingerprint density at radius 3 is 3.30 bits per heavy atom. The van der Waals surface area contributed by atoms with Crippen LogP contribution in [0.1, 0.15) is 13.3 Å². The molecule has 0 amide bonds. The molecular formula is C9H11N. The Bertz CT molecular complexity index is 223. The fourth-order valence-electron chi connectivity index (χ4n) is 1.66. The second kappa shape index (κ2) is 2.08. The van der Waals surface area contributed by atoms with Crippen LogP contribution in [0.3, 0.4) is 0 Å². The summed E-state index contributed by atoms with van der Waals surface area (Å²) in [6.07, 6.45) is 9.64. The van der Waals surface area contributed by atoms with E-state index in [0.29, 0.717) is 5.92 Å². The molecule has 0 spiro atoms. The van der Waals surface area contributed by atoms with Gasteiger partial charge in [-0.2, -0.15) is 0 Å². The molecule has 2 unspecified atom stereocenters. The van der Waals surface area contributed by atoms with Crippen molar-refractivity contribution >= 4 is 6.21 Å². The third kappa shape index (κ3) is 0.666. The number of allylic oxidation sites excluding steroid dienone is 3. The predicted octanol–water partition coefficient (Wildman–Crippen LogP) is 2.17. The van der Waals surface area contributed by atoms with Gasteiger partial charge in [-0.1, -0.05) is 17.7 Å². The van der Waals surface area contributed by atoms with Crippen LogP contribution in [0.25, 0.3) is 0 Å². The van der Waals surface area contributed by atoms with Crippen LogP contribution < -0.4 is 0 Å². The van der Waals surface area contributed by atoms with Gasteiger partial charge in [0, 0.05) is 18.3 Å². The van der Waals surface area contributed by atoms with Gasteiger partial charge in [0.25, 0.3) is 0 Å². The minimum absolute atomic E-state index is 0.648. The van der Waals surface area contributed by atoms with E-state index in [2.05, 4.69) is 30.3 Å². The first kappa shape index (κ1) is 5.90. The highest BCUT2D eigenvalue weighted by Gasteiger charge is 2.32. The largest absolute Gasteiger partial charge is 0.269 e. The van der Waals surface area contributed by atoms with Crippen molar-refractivity contribution < 1.29 is 0 Å². The maximum absolute atomic E-state index is 4.11. The first-order valence-corrected chi connectivity index (χ1v) is 3.77. The van der Waals surface area contributed by atoms with Gasteiger partial charge < -0.3 is 0 Å². The summed E-state index contributed by atoms with van der Waals surface area (Å²) in [7, 11) is 0. The van der Waals surface area contributed by atoms with E-state index in [1.165, 1.54) is 6.42 Å². The molecule has 0 radical (unpaired) electrons. The molecule has 0 aromatic carbocycles. The average Bonchev–Trinajstić information content (AvgIpc) is 1.92. The standard InChI is InChI=1S/C9H11N/c1-2-7-5-8-3-4-10-6-9(7)8/h2-4,6,8-9H,5H2,1H3/b7-2+. The predicted molar refractivity (Wildman–Crippen MR) is 43.0 cm³/mol. The minimum atomic E-state index is 0.648. The summed E-state index contributed by atoms with van der Waals surface area (Å²) in [5.74, 6) is 1.42. The van der Waals surface area contributed by atoms with Crippen molar-refractivity contribution in [2.24, 2.45) is 16.8 Å². The molecule has 2 aliphatic rings. The number of aliphatic imine (C=N–C) groups is 1. The molecule has 0 bridgehead atoms. The Balaban J connectivity index is 2.19. The molecule has 1 heteroatoms. The highest BCUT2D eigenvalue weighted by atomic mass is 14.7. The lowest BCUT2D eigenvalue weighted by Crippen LogP contribution is -2.29. The molecule has 0 N–H and O–H groups in total. The van der Waals surface area contributed by atoms with E-state index in [-0.39, 0.29) is 0 Å². The first-order chi connectivity index (χ1) is 4.92. The average molecular weight is 133 g/mol. The molecule has 2 atom stereocenters. The Hall–Kier alpha value is -0.850. The van der Waals surface area contributed by atoms with Crippen molar-refractivity contribution in [2.75, 3.05) is 0 Å². The van der Waals surface area contributed by atoms with Crippen molar-refractivity contribution in [3.05, 3.63) is 23.9 Å². The highest BCUT2D eigenvalue weighted by Crippen LogP contribution is 2.40. The molecule has 0 aromatic heterocycles. The Morgan fingerprint density at radius 1 is 1.70 bits per heavy atom. The molecule has 1 aliphatic carbocycles. The maximum atomic E-state index is 4.11. The molecule has 1 nitrogen and oxygen atoms in total. The van der Waals surface area contributed by atoms with Gasteiger partial charge in [0.1, 0.15) is 0 Å². The number of hydrogen-bond acceptors (Lipinski definition) is 1. The van der Waals surface area contributed by atoms with E-state index in [9.17, 15) is 0 Å². The van der Waals surface area contributed by atoms with E-state index in [4.69, 9.17) is 0 Å². The molecule has 0 saturated heterocycles. The normalized spacial score (nSPS) is 39.5. The Morgan fingerprint density at radius 2 is 2.60 bits per heavy atom. The number of nitrogens with zero attached hydrogens (tertiary/aromatic N) is 1. The van der Waals surface area contributed by atoms with Gasteiger partial charge in [0.15, 0.2) is 0 Å². The molecule has 2 rings (SSSR count). The van der Waals surface area contributed by atoms with Crippen LogP contribution >= 0.6 is 0 Å². The van der Waals surface area contributed by atoms with Crippen molar-refractivity contribution in [2.45, 2.75) is 13.3 Å². The van der Waals surface area contributed by atoms with Gasteiger partial charge >= 0.3 is 0 Å². The third-order valence-corrected chi connectivity index (χ3v) is 2.40. The first-order valence-electron chi connectivity index (χ1n) is 3.77. The summed E-state index contributed by atoms with van der Waals surface area (Å²) in [6.45, 7) is 2.11. The lowest BCUT2D eigenvalue weighted by Gasteiger charge is -2.36. The summed E-state index contributed by atoms with van der Waals surface area (Å²) in [5.41, 5.74) is 1.55. The second-order valence-corrected chi connectivity index (χ2v) is 2.90. The van der Waals surface area contributed by atoms with Crippen molar-refractivity contribution in [1.29, 1.82) is 0 Å². The van der Waals surface area contributed by atoms with Crippen LogP contribution in [0.15, 0.2) is 28.9 Å².